The molecule has 2 rings (SSSR count). The fraction of sp³-hybridized carbons (Fsp3) is 0.500. The van der Waals surface area contributed by atoms with E-state index in [-0.39, 0.29) is 0 Å². The topological polar surface area (TPSA) is 77.0 Å². The molecule has 0 amide bonds. The van der Waals surface area contributed by atoms with Gasteiger partial charge in [-0.1, -0.05) is 23.6 Å². The smallest absolute Gasteiger partial charge is 0.315 e. The van der Waals surface area contributed by atoms with Gasteiger partial charge in [0.25, 0.3) is 0 Å². The Labute approximate surface area is 93.0 Å². The summed E-state index contributed by atoms with van der Waals surface area (Å²) in [5.41, 5.74) is 0.799. The van der Waals surface area contributed by atoms with Gasteiger partial charge in [-0.2, -0.15) is 0 Å². The van der Waals surface area contributed by atoms with E-state index in [1.807, 2.05) is 0 Å². The molecule has 0 aromatic carbocycles. The zero-order valence-corrected chi connectivity index (χ0v) is 9.14. The molecular formula is C10H14N4O2. The first-order chi connectivity index (χ1) is 7.88. The highest BCUT2D eigenvalue weighted by molar-refractivity contribution is 5.18. The maximum atomic E-state index is 5.39. The minimum Gasteiger partial charge on any atom is -0.408 e. The summed E-state index contributed by atoms with van der Waals surface area (Å²) in [6.07, 6.45) is 4.53. The van der Waals surface area contributed by atoms with E-state index in [1.165, 1.54) is 6.26 Å². The number of unbranched alkanes of at least 4 members (excludes halogenated alkanes) is 1. The van der Waals surface area contributed by atoms with Crippen molar-refractivity contribution < 1.29 is 8.94 Å². The normalized spacial score (nSPS) is 10.6. The molecule has 2 aromatic rings. The lowest BCUT2D eigenvalue weighted by atomic mass is 10.2. The zero-order chi connectivity index (χ0) is 11.2. The first-order valence-corrected chi connectivity index (χ1v) is 5.34. The number of aryl methyl sites for hydroxylation is 1. The van der Waals surface area contributed by atoms with Crippen molar-refractivity contribution in [1.29, 1.82) is 0 Å². The summed E-state index contributed by atoms with van der Waals surface area (Å²) >= 11 is 0. The molecule has 0 radical (unpaired) electrons. The molecule has 0 unspecified atom stereocenters. The molecule has 0 aliphatic carbocycles. The van der Waals surface area contributed by atoms with Crippen LogP contribution in [-0.2, 0) is 13.0 Å². The molecule has 0 atom stereocenters. The van der Waals surface area contributed by atoms with Gasteiger partial charge in [-0.05, 0) is 6.42 Å². The molecule has 0 saturated carbocycles. The number of rotatable bonds is 6. The molecule has 2 heterocycles. The largest absolute Gasteiger partial charge is 0.408 e. The molecular weight excluding hydrogens is 208 g/mol. The number of aromatic nitrogens is 3. The van der Waals surface area contributed by atoms with Gasteiger partial charge in [-0.3, -0.25) is 0 Å². The van der Waals surface area contributed by atoms with E-state index in [0.717, 1.165) is 25.0 Å². The Morgan fingerprint density at radius 3 is 3.06 bits per heavy atom. The SMILES string of the molecule is CCCCc1nnc(NCc2ccon2)o1. The molecule has 0 aliphatic rings. The second kappa shape index (κ2) is 5.29. The average molecular weight is 222 g/mol. The van der Waals surface area contributed by atoms with Crippen LogP contribution in [0.1, 0.15) is 31.4 Å². The van der Waals surface area contributed by atoms with Crippen molar-refractivity contribution >= 4 is 6.01 Å². The Balaban J connectivity index is 1.83. The van der Waals surface area contributed by atoms with Gasteiger partial charge in [-0.15, -0.1) is 5.10 Å². The summed E-state index contributed by atoms with van der Waals surface area (Å²) in [5, 5.41) is 14.6. The van der Waals surface area contributed by atoms with Gasteiger partial charge >= 0.3 is 6.01 Å². The van der Waals surface area contributed by atoms with Crippen LogP contribution in [0.3, 0.4) is 0 Å². The van der Waals surface area contributed by atoms with Gasteiger partial charge in [0.1, 0.15) is 12.0 Å². The third-order valence-electron chi connectivity index (χ3n) is 2.12. The van der Waals surface area contributed by atoms with E-state index in [4.69, 9.17) is 8.94 Å². The molecule has 0 spiro atoms. The number of hydrogen-bond donors (Lipinski definition) is 1. The van der Waals surface area contributed by atoms with E-state index in [2.05, 4.69) is 27.6 Å². The summed E-state index contributed by atoms with van der Waals surface area (Å²) in [6, 6.07) is 2.20. The van der Waals surface area contributed by atoms with E-state index >= 15 is 0 Å². The van der Waals surface area contributed by atoms with E-state index in [0.29, 0.717) is 18.5 Å². The highest BCUT2D eigenvalue weighted by atomic mass is 16.5. The molecule has 6 heteroatoms. The van der Waals surface area contributed by atoms with Gasteiger partial charge < -0.3 is 14.3 Å². The van der Waals surface area contributed by atoms with Crippen LogP contribution in [0.2, 0.25) is 0 Å². The van der Waals surface area contributed by atoms with Crippen molar-refractivity contribution in [1.82, 2.24) is 15.4 Å². The maximum absolute atomic E-state index is 5.39. The summed E-state index contributed by atoms with van der Waals surface area (Å²) in [4.78, 5) is 0. The van der Waals surface area contributed by atoms with Crippen LogP contribution < -0.4 is 5.32 Å². The van der Waals surface area contributed by atoms with Gasteiger partial charge in [0.05, 0.1) is 6.54 Å². The first kappa shape index (κ1) is 10.7. The summed E-state index contributed by atoms with van der Waals surface area (Å²) in [5.74, 6) is 0.671. The lowest BCUT2D eigenvalue weighted by Crippen LogP contribution is -1.99. The van der Waals surface area contributed by atoms with Crippen molar-refractivity contribution in [3.63, 3.8) is 0 Å². The van der Waals surface area contributed by atoms with Crippen LogP contribution in [0.25, 0.3) is 0 Å². The van der Waals surface area contributed by atoms with Crippen LogP contribution in [0.15, 0.2) is 21.3 Å². The highest BCUT2D eigenvalue weighted by Gasteiger charge is 2.05. The van der Waals surface area contributed by atoms with Crippen LogP contribution >= 0.6 is 0 Å². The monoisotopic (exact) mass is 222 g/mol. The standard InChI is InChI=1S/C10H14N4O2/c1-2-3-4-9-12-13-10(16-9)11-7-8-5-6-15-14-8/h5-6H,2-4,7H2,1H3,(H,11,13). The lowest BCUT2D eigenvalue weighted by molar-refractivity contribution is 0.412. The Morgan fingerprint density at radius 2 is 2.31 bits per heavy atom. The van der Waals surface area contributed by atoms with Crippen molar-refractivity contribution in [3.8, 4) is 0 Å². The second-order valence-electron chi connectivity index (χ2n) is 3.45. The van der Waals surface area contributed by atoms with E-state index in [1.54, 1.807) is 6.07 Å². The number of hydrogen-bond acceptors (Lipinski definition) is 6. The summed E-state index contributed by atoms with van der Waals surface area (Å²) in [7, 11) is 0. The highest BCUT2D eigenvalue weighted by Crippen LogP contribution is 2.09. The molecule has 1 N–H and O–H groups in total. The Bertz CT molecular complexity index is 410. The van der Waals surface area contributed by atoms with Gasteiger partial charge in [0.15, 0.2) is 0 Å². The maximum Gasteiger partial charge on any atom is 0.315 e. The zero-order valence-electron chi connectivity index (χ0n) is 9.14. The van der Waals surface area contributed by atoms with E-state index < -0.39 is 0 Å². The van der Waals surface area contributed by atoms with Crippen LogP contribution in [0, 0.1) is 0 Å². The van der Waals surface area contributed by atoms with Crippen molar-refractivity contribution in [2.45, 2.75) is 32.7 Å². The fourth-order valence-corrected chi connectivity index (χ4v) is 1.25. The third-order valence-corrected chi connectivity index (χ3v) is 2.12. The van der Waals surface area contributed by atoms with Crippen molar-refractivity contribution in [3.05, 3.63) is 23.9 Å². The molecule has 0 bridgehead atoms. The molecule has 6 nitrogen and oxygen atoms in total. The predicted molar refractivity (Wildman–Crippen MR) is 56.7 cm³/mol. The number of nitrogens with one attached hydrogen (secondary N) is 1. The first-order valence-electron chi connectivity index (χ1n) is 5.34. The minimum absolute atomic E-state index is 0.425. The summed E-state index contributed by atoms with van der Waals surface area (Å²) in [6.45, 7) is 2.64. The van der Waals surface area contributed by atoms with Crippen LogP contribution in [0.5, 0.6) is 0 Å². The predicted octanol–water partition coefficient (Wildman–Crippen LogP) is 2.01. The van der Waals surface area contributed by atoms with Crippen molar-refractivity contribution in [2.24, 2.45) is 0 Å². The average Bonchev–Trinajstić information content (AvgIpc) is 2.95. The Morgan fingerprint density at radius 1 is 1.38 bits per heavy atom. The number of nitrogens with zero attached hydrogens (tertiary/aromatic N) is 3. The molecule has 86 valence electrons. The lowest BCUT2D eigenvalue weighted by Gasteiger charge is -1.95. The minimum atomic E-state index is 0.425. The summed E-state index contributed by atoms with van der Waals surface area (Å²) < 4.78 is 10.1. The van der Waals surface area contributed by atoms with E-state index in [9.17, 15) is 0 Å². The van der Waals surface area contributed by atoms with Gasteiger partial charge in [-0.25, -0.2) is 0 Å². The van der Waals surface area contributed by atoms with Crippen LogP contribution in [0.4, 0.5) is 6.01 Å². The van der Waals surface area contributed by atoms with Crippen molar-refractivity contribution in [2.75, 3.05) is 5.32 Å². The second-order valence-corrected chi connectivity index (χ2v) is 3.45. The fourth-order valence-electron chi connectivity index (χ4n) is 1.25. The third kappa shape index (κ3) is 2.82. The molecule has 2 aromatic heterocycles. The van der Waals surface area contributed by atoms with Gasteiger partial charge in [0, 0.05) is 12.5 Å². The van der Waals surface area contributed by atoms with Gasteiger partial charge in [0.2, 0.25) is 5.89 Å². The number of anilines is 1. The molecule has 0 saturated heterocycles. The Kier molecular flexibility index (Phi) is 3.53. The quantitative estimate of drug-likeness (QED) is 0.805. The van der Waals surface area contributed by atoms with Crippen LogP contribution in [-0.4, -0.2) is 15.4 Å². The Hall–Kier alpha value is -1.85. The molecule has 0 fully saturated rings. The molecule has 0 aliphatic heterocycles. The molecule has 16 heavy (non-hydrogen) atoms.